The number of hydrogen-bond acceptors (Lipinski definition) is 6. The number of aromatic nitrogens is 2. The van der Waals surface area contributed by atoms with E-state index < -0.39 is 11.2 Å². The largest absolute Gasteiger partial charge is 0.493 e. The van der Waals surface area contributed by atoms with Crippen LogP contribution in [0.2, 0.25) is 0 Å². The Morgan fingerprint density at radius 1 is 0.900 bits per heavy atom. The van der Waals surface area contributed by atoms with E-state index in [2.05, 4.69) is 10.6 Å². The van der Waals surface area contributed by atoms with E-state index in [0.717, 1.165) is 11.0 Å². The summed E-state index contributed by atoms with van der Waals surface area (Å²) in [5.41, 5.74) is 0.807. The van der Waals surface area contributed by atoms with Crippen molar-refractivity contribution in [1.29, 1.82) is 0 Å². The van der Waals surface area contributed by atoms with Crippen molar-refractivity contribution >= 4 is 28.4 Å². The van der Waals surface area contributed by atoms with Crippen LogP contribution < -0.4 is 31.4 Å². The molecule has 0 spiro atoms. The lowest BCUT2D eigenvalue weighted by atomic mass is 10.1. The molecular formula is C30H32N4O6. The number of carbonyl (C=O) groups is 2. The number of nitrogens with zero attached hydrogens (tertiary/aromatic N) is 2. The Bertz CT molecular complexity index is 1640. The van der Waals surface area contributed by atoms with Crippen LogP contribution in [0.15, 0.2) is 76.3 Å². The Hall–Kier alpha value is -4.86. The van der Waals surface area contributed by atoms with Crippen molar-refractivity contribution in [3.05, 3.63) is 98.7 Å². The zero-order valence-corrected chi connectivity index (χ0v) is 22.9. The molecule has 3 aromatic carbocycles. The smallest absolute Gasteiger partial charge is 0.332 e. The Morgan fingerprint density at radius 3 is 2.17 bits per heavy atom. The van der Waals surface area contributed by atoms with Gasteiger partial charge in [-0.15, -0.1) is 0 Å². The predicted molar refractivity (Wildman–Crippen MR) is 153 cm³/mol. The second kappa shape index (κ2) is 12.3. The Kier molecular flexibility index (Phi) is 8.68. The van der Waals surface area contributed by atoms with Crippen LogP contribution in [-0.4, -0.2) is 41.2 Å². The molecule has 0 aliphatic rings. The molecule has 0 saturated carbocycles. The van der Waals surface area contributed by atoms with Crippen LogP contribution in [0, 0.1) is 0 Å². The van der Waals surface area contributed by atoms with Crippen molar-refractivity contribution in [2.45, 2.75) is 39.4 Å². The summed E-state index contributed by atoms with van der Waals surface area (Å²) in [6.07, 6.45) is 0.727. The Labute approximate surface area is 231 Å². The summed E-state index contributed by atoms with van der Waals surface area (Å²) in [6.45, 7) is 3.47. The SMILES string of the molecule is CC[C@@H](C)NC(=O)Cn1c(=O)n(Cc2ccc(C(=O)Nc3ccccc3)cc2)c(=O)c2cc(OC)c(OC)cc21. The molecule has 0 saturated heterocycles. The van der Waals surface area contributed by atoms with Crippen molar-refractivity contribution in [3.63, 3.8) is 0 Å². The third-order valence-corrected chi connectivity index (χ3v) is 6.64. The number of hydrogen-bond donors (Lipinski definition) is 2. The van der Waals surface area contributed by atoms with Crippen LogP contribution in [0.3, 0.4) is 0 Å². The molecule has 0 aliphatic carbocycles. The van der Waals surface area contributed by atoms with E-state index in [0.29, 0.717) is 28.3 Å². The second-order valence-corrected chi connectivity index (χ2v) is 9.38. The fourth-order valence-corrected chi connectivity index (χ4v) is 4.27. The number of methoxy groups -OCH3 is 2. The summed E-state index contributed by atoms with van der Waals surface area (Å²) in [7, 11) is 2.90. The van der Waals surface area contributed by atoms with Gasteiger partial charge in [0, 0.05) is 23.4 Å². The molecule has 0 fully saturated rings. The molecule has 1 heterocycles. The van der Waals surface area contributed by atoms with Gasteiger partial charge < -0.3 is 20.1 Å². The monoisotopic (exact) mass is 544 g/mol. The first-order valence-corrected chi connectivity index (χ1v) is 12.9. The van der Waals surface area contributed by atoms with Crippen molar-refractivity contribution in [2.24, 2.45) is 0 Å². The first kappa shape index (κ1) is 28.2. The summed E-state index contributed by atoms with van der Waals surface area (Å²) in [4.78, 5) is 52.6. The highest BCUT2D eigenvalue weighted by atomic mass is 16.5. The van der Waals surface area contributed by atoms with Gasteiger partial charge in [-0.25, -0.2) is 4.79 Å². The van der Waals surface area contributed by atoms with Crippen molar-refractivity contribution in [2.75, 3.05) is 19.5 Å². The number of fused-ring (bicyclic) bond motifs is 1. The summed E-state index contributed by atoms with van der Waals surface area (Å²) >= 11 is 0. The molecule has 1 atom stereocenters. The van der Waals surface area contributed by atoms with Gasteiger partial charge >= 0.3 is 5.69 Å². The number of amides is 2. The van der Waals surface area contributed by atoms with E-state index in [9.17, 15) is 19.2 Å². The Balaban J connectivity index is 1.72. The number of rotatable bonds is 10. The Morgan fingerprint density at radius 2 is 1.55 bits per heavy atom. The second-order valence-electron chi connectivity index (χ2n) is 9.38. The molecule has 2 amide bonds. The average Bonchev–Trinajstić information content (AvgIpc) is 2.97. The van der Waals surface area contributed by atoms with Gasteiger partial charge in [-0.1, -0.05) is 37.3 Å². The zero-order valence-electron chi connectivity index (χ0n) is 22.9. The maximum atomic E-state index is 13.6. The van der Waals surface area contributed by atoms with E-state index >= 15 is 0 Å². The minimum atomic E-state index is -0.644. The van der Waals surface area contributed by atoms with Gasteiger partial charge in [-0.2, -0.15) is 0 Å². The fraction of sp³-hybridized carbons (Fsp3) is 0.267. The van der Waals surface area contributed by atoms with Crippen LogP contribution in [0.1, 0.15) is 36.2 Å². The van der Waals surface area contributed by atoms with Crippen LogP contribution in [-0.2, 0) is 17.9 Å². The van der Waals surface area contributed by atoms with E-state index in [-0.39, 0.29) is 41.8 Å². The van der Waals surface area contributed by atoms with Gasteiger partial charge in [0.25, 0.3) is 11.5 Å². The van der Waals surface area contributed by atoms with Crippen molar-refractivity contribution in [3.8, 4) is 11.5 Å². The fourth-order valence-electron chi connectivity index (χ4n) is 4.27. The van der Waals surface area contributed by atoms with Gasteiger partial charge in [0.05, 0.1) is 31.7 Å². The molecule has 2 N–H and O–H groups in total. The van der Waals surface area contributed by atoms with Crippen molar-refractivity contribution in [1.82, 2.24) is 14.5 Å². The van der Waals surface area contributed by atoms with Crippen LogP contribution >= 0.6 is 0 Å². The molecule has 10 heteroatoms. The maximum Gasteiger partial charge on any atom is 0.332 e. The average molecular weight is 545 g/mol. The highest BCUT2D eigenvalue weighted by Crippen LogP contribution is 2.30. The number of anilines is 1. The molecule has 4 rings (SSSR count). The van der Waals surface area contributed by atoms with E-state index in [4.69, 9.17) is 9.47 Å². The summed E-state index contributed by atoms with van der Waals surface area (Å²) in [5.74, 6) is 0.0107. The maximum absolute atomic E-state index is 13.6. The van der Waals surface area contributed by atoms with Crippen LogP contribution in [0.4, 0.5) is 5.69 Å². The number of benzene rings is 3. The normalized spacial score (nSPS) is 11.6. The molecule has 40 heavy (non-hydrogen) atoms. The number of nitrogens with one attached hydrogen (secondary N) is 2. The van der Waals surface area contributed by atoms with Gasteiger partial charge in [-0.05, 0) is 49.2 Å². The molecule has 0 radical (unpaired) electrons. The minimum absolute atomic E-state index is 0.0600. The number of para-hydroxylation sites is 1. The molecule has 0 bridgehead atoms. The topological polar surface area (TPSA) is 121 Å². The lowest BCUT2D eigenvalue weighted by Gasteiger charge is -2.17. The van der Waals surface area contributed by atoms with Crippen LogP contribution in [0.25, 0.3) is 10.9 Å². The quantitative estimate of drug-likeness (QED) is 0.316. The molecule has 1 aromatic heterocycles. The molecule has 0 aliphatic heterocycles. The summed E-state index contributed by atoms with van der Waals surface area (Å²) in [6, 6.07) is 18.7. The minimum Gasteiger partial charge on any atom is -0.493 e. The van der Waals surface area contributed by atoms with Gasteiger partial charge in [0.1, 0.15) is 6.54 Å². The summed E-state index contributed by atoms with van der Waals surface area (Å²) in [5, 5.41) is 5.88. The highest BCUT2D eigenvalue weighted by Gasteiger charge is 2.19. The van der Waals surface area contributed by atoms with Crippen LogP contribution in [0.5, 0.6) is 11.5 Å². The molecule has 4 aromatic rings. The van der Waals surface area contributed by atoms with E-state index in [1.165, 1.54) is 30.9 Å². The van der Waals surface area contributed by atoms with E-state index in [1.807, 2.05) is 32.0 Å². The standard InChI is InChI=1S/C30H32N4O6/c1-5-19(2)31-27(35)18-33-24-16-26(40-4)25(39-3)15-23(24)29(37)34(30(33)38)17-20-11-13-21(14-12-20)28(36)32-22-9-7-6-8-10-22/h6-16,19H,5,17-18H2,1-4H3,(H,31,35)(H,32,36)/t19-/m1/s1. The number of ether oxygens (including phenoxy) is 2. The molecular weight excluding hydrogens is 512 g/mol. The highest BCUT2D eigenvalue weighted by molar-refractivity contribution is 6.04. The van der Waals surface area contributed by atoms with Gasteiger partial charge in [0.15, 0.2) is 11.5 Å². The zero-order chi connectivity index (χ0) is 28.8. The molecule has 208 valence electrons. The predicted octanol–water partition coefficient (Wildman–Crippen LogP) is 3.40. The third-order valence-electron chi connectivity index (χ3n) is 6.64. The molecule has 10 nitrogen and oxygen atoms in total. The molecule has 0 unspecified atom stereocenters. The first-order chi connectivity index (χ1) is 19.2. The lowest BCUT2D eigenvalue weighted by molar-refractivity contribution is -0.122. The van der Waals surface area contributed by atoms with Gasteiger partial charge in [-0.3, -0.25) is 23.5 Å². The number of carbonyl (C=O) groups excluding carboxylic acids is 2. The first-order valence-electron chi connectivity index (χ1n) is 12.9. The lowest BCUT2D eigenvalue weighted by Crippen LogP contribution is -2.44. The summed E-state index contributed by atoms with van der Waals surface area (Å²) < 4.78 is 13.1. The van der Waals surface area contributed by atoms with Crippen molar-refractivity contribution < 1.29 is 19.1 Å². The third kappa shape index (κ3) is 6.06. The van der Waals surface area contributed by atoms with E-state index in [1.54, 1.807) is 36.4 Å². The van der Waals surface area contributed by atoms with Gasteiger partial charge in [0.2, 0.25) is 5.91 Å².